The number of carbonyl (C=O) groups excluding carboxylic acids is 4. The fraction of sp³-hybridized carbons (Fsp3) is 0.241. The number of amides is 3. The topological polar surface area (TPSA) is 96.0 Å². The summed E-state index contributed by atoms with van der Waals surface area (Å²) in [5, 5.41) is 2.73. The van der Waals surface area contributed by atoms with Crippen LogP contribution < -0.4 is 10.2 Å². The van der Waals surface area contributed by atoms with E-state index in [1.54, 1.807) is 30.3 Å². The first-order chi connectivity index (χ1) is 17.8. The van der Waals surface area contributed by atoms with E-state index in [0.29, 0.717) is 16.9 Å². The van der Waals surface area contributed by atoms with Crippen molar-refractivity contribution in [1.82, 2.24) is 4.90 Å². The molecule has 0 radical (unpaired) electrons. The molecule has 37 heavy (non-hydrogen) atoms. The molecule has 1 fully saturated rings. The molecule has 0 unspecified atom stereocenters. The average Bonchev–Trinajstić information content (AvgIpc) is 3.26. The molecule has 0 aromatic heterocycles. The van der Waals surface area contributed by atoms with E-state index in [9.17, 15) is 19.2 Å². The van der Waals surface area contributed by atoms with Gasteiger partial charge in [0.15, 0.2) is 6.61 Å². The molecule has 8 nitrogen and oxygen atoms in total. The summed E-state index contributed by atoms with van der Waals surface area (Å²) in [5.41, 5.74) is 2.53. The maximum atomic E-state index is 13.8. The zero-order chi connectivity index (χ0) is 26.2. The minimum Gasteiger partial charge on any atom is -0.452 e. The number of rotatable bonds is 6. The molecule has 2 aliphatic heterocycles. The van der Waals surface area contributed by atoms with Crippen LogP contribution in [0, 0.1) is 13.8 Å². The second kappa shape index (κ2) is 9.54. The van der Waals surface area contributed by atoms with Gasteiger partial charge in [-0.2, -0.15) is 0 Å². The summed E-state index contributed by atoms with van der Waals surface area (Å²) in [6.45, 7) is 3.46. The minimum absolute atomic E-state index is 0.0658. The standard InChI is InChI=1S/C29H27N3O5/c1-19-12-13-22(16-20(19)2)30-25(33)18-37-28(36)29-15-14-26(34)32(29)24-11-7-6-10-23(24)27(35)31(29)17-21-8-4-3-5-9-21/h3-13,16H,14-15,17-18H2,1-2H3,(H,30,33)/t29-/m0/s1. The number of hydrogen-bond donors (Lipinski definition) is 1. The van der Waals surface area contributed by atoms with Crippen LogP contribution in [-0.4, -0.2) is 40.9 Å². The number of fused-ring (bicyclic) bond motifs is 3. The van der Waals surface area contributed by atoms with Crippen LogP contribution in [0.2, 0.25) is 0 Å². The van der Waals surface area contributed by atoms with Crippen molar-refractivity contribution in [3.05, 3.63) is 95.1 Å². The Morgan fingerprint density at radius 3 is 2.43 bits per heavy atom. The van der Waals surface area contributed by atoms with Crippen molar-refractivity contribution in [3.63, 3.8) is 0 Å². The molecule has 1 saturated heterocycles. The Morgan fingerprint density at radius 2 is 1.68 bits per heavy atom. The van der Waals surface area contributed by atoms with E-state index in [1.807, 2.05) is 56.3 Å². The van der Waals surface area contributed by atoms with Crippen molar-refractivity contribution in [1.29, 1.82) is 0 Å². The minimum atomic E-state index is -1.68. The smallest absolute Gasteiger partial charge is 0.354 e. The summed E-state index contributed by atoms with van der Waals surface area (Å²) in [6, 6.07) is 21.5. The van der Waals surface area contributed by atoms with Gasteiger partial charge in [-0.3, -0.25) is 19.3 Å². The van der Waals surface area contributed by atoms with Crippen molar-refractivity contribution in [2.75, 3.05) is 16.8 Å². The van der Waals surface area contributed by atoms with E-state index in [0.717, 1.165) is 16.7 Å². The molecular weight excluding hydrogens is 470 g/mol. The lowest BCUT2D eigenvalue weighted by molar-refractivity contribution is -0.159. The molecule has 188 valence electrons. The van der Waals surface area contributed by atoms with Crippen LogP contribution in [0.15, 0.2) is 72.8 Å². The van der Waals surface area contributed by atoms with Crippen molar-refractivity contribution < 1.29 is 23.9 Å². The fourth-order valence-electron chi connectivity index (χ4n) is 5.00. The van der Waals surface area contributed by atoms with Gasteiger partial charge in [0.25, 0.3) is 11.8 Å². The highest BCUT2D eigenvalue weighted by Crippen LogP contribution is 2.45. The molecule has 3 aromatic rings. The first kappa shape index (κ1) is 24.2. The second-order valence-electron chi connectivity index (χ2n) is 9.36. The highest BCUT2D eigenvalue weighted by molar-refractivity contribution is 6.15. The van der Waals surface area contributed by atoms with E-state index < -0.39 is 24.1 Å². The molecule has 3 aromatic carbocycles. The molecule has 0 bridgehead atoms. The maximum Gasteiger partial charge on any atom is 0.354 e. The lowest BCUT2D eigenvalue weighted by Crippen LogP contribution is -2.68. The van der Waals surface area contributed by atoms with E-state index >= 15 is 0 Å². The Bertz CT molecular complexity index is 1400. The quantitative estimate of drug-likeness (QED) is 0.520. The lowest BCUT2D eigenvalue weighted by atomic mass is 9.95. The third kappa shape index (κ3) is 4.24. The summed E-state index contributed by atoms with van der Waals surface area (Å²) in [5.74, 6) is -1.98. The SMILES string of the molecule is Cc1ccc(NC(=O)COC(=O)[C@]23CCC(=O)N2c2ccccc2C(=O)N3Cc2ccccc2)cc1C. The summed E-state index contributed by atoms with van der Waals surface area (Å²) in [7, 11) is 0. The third-order valence-corrected chi connectivity index (χ3v) is 7.01. The number of nitrogens with one attached hydrogen (secondary N) is 1. The number of anilines is 2. The molecule has 3 amide bonds. The van der Waals surface area contributed by atoms with Crippen molar-refractivity contribution in [2.45, 2.75) is 38.9 Å². The van der Waals surface area contributed by atoms with Gasteiger partial charge >= 0.3 is 5.97 Å². The zero-order valence-electron chi connectivity index (χ0n) is 20.7. The van der Waals surface area contributed by atoms with Gasteiger partial charge in [-0.15, -0.1) is 0 Å². The second-order valence-corrected chi connectivity index (χ2v) is 9.36. The lowest BCUT2D eigenvalue weighted by Gasteiger charge is -2.48. The van der Waals surface area contributed by atoms with Crippen LogP contribution >= 0.6 is 0 Å². The summed E-state index contributed by atoms with van der Waals surface area (Å²) < 4.78 is 5.52. The largest absolute Gasteiger partial charge is 0.452 e. The highest BCUT2D eigenvalue weighted by atomic mass is 16.5. The Balaban J connectivity index is 1.45. The Morgan fingerprint density at radius 1 is 0.946 bits per heavy atom. The molecule has 0 aliphatic carbocycles. The Kier molecular flexibility index (Phi) is 6.25. The monoisotopic (exact) mass is 497 g/mol. The Hall–Kier alpha value is -4.46. The zero-order valence-corrected chi connectivity index (χ0v) is 20.7. The van der Waals surface area contributed by atoms with Gasteiger partial charge < -0.3 is 15.0 Å². The predicted molar refractivity (Wildman–Crippen MR) is 138 cm³/mol. The molecule has 1 atom stereocenters. The number of benzene rings is 3. The van der Waals surface area contributed by atoms with Crippen LogP contribution in [0.25, 0.3) is 0 Å². The van der Waals surface area contributed by atoms with E-state index in [1.165, 1.54) is 9.80 Å². The van der Waals surface area contributed by atoms with Gasteiger partial charge in [0.05, 0.1) is 11.3 Å². The van der Waals surface area contributed by atoms with Crippen molar-refractivity contribution in [2.24, 2.45) is 0 Å². The van der Waals surface area contributed by atoms with E-state index in [2.05, 4.69) is 5.32 Å². The molecule has 0 spiro atoms. The van der Waals surface area contributed by atoms with Gasteiger partial charge in [0.2, 0.25) is 11.6 Å². The first-order valence-corrected chi connectivity index (χ1v) is 12.1. The molecular formula is C29H27N3O5. The van der Waals surface area contributed by atoms with Gasteiger partial charge in [-0.1, -0.05) is 48.5 Å². The van der Waals surface area contributed by atoms with Gasteiger partial charge in [0.1, 0.15) is 0 Å². The normalized spacial score (nSPS) is 18.3. The molecule has 1 N–H and O–H groups in total. The van der Waals surface area contributed by atoms with Crippen molar-refractivity contribution >= 4 is 35.1 Å². The number of esters is 1. The summed E-state index contributed by atoms with van der Waals surface area (Å²) in [4.78, 5) is 56.0. The average molecular weight is 498 g/mol. The number of nitrogens with zero attached hydrogens (tertiary/aromatic N) is 2. The number of aryl methyl sites for hydroxylation is 2. The number of para-hydroxylation sites is 1. The molecule has 2 heterocycles. The van der Waals surface area contributed by atoms with Gasteiger partial charge in [-0.25, -0.2) is 4.79 Å². The van der Waals surface area contributed by atoms with Crippen LogP contribution in [0.1, 0.15) is 39.9 Å². The first-order valence-electron chi connectivity index (χ1n) is 12.1. The van der Waals surface area contributed by atoms with Crippen LogP contribution in [0.4, 0.5) is 11.4 Å². The number of carbonyl (C=O) groups is 4. The van der Waals surface area contributed by atoms with Crippen LogP contribution in [-0.2, 0) is 25.7 Å². The number of hydrogen-bond acceptors (Lipinski definition) is 5. The van der Waals surface area contributed by atoms with E-state index in [-0.39, 0.29) is 31.2 Å². The van der Waals surface area contributed by atoms with Gasteiger partial charge in [-0.05, 0) is 54.8 Å². The van der Waals surface area contributed by atoms with Crippen LogP contribution in [0.3, 0.4) is 0 Å². The van der Waals surface area contributed by atoms with Crippen LogP contribution in [0.5, 0.6) is 0 Å². The Labute approximate surface area is 214 Å². The number of ether oxygens (including phenoxy) is 1. The predicted octanol–water partition coefficient (Wildman–Crippen LogP) is 3.96. The molecule has 0 saturated carbocycles. The highest BCUT2D eigenvalue weighted by Gasteiger charge is 2.62. The molecule has 8 heteroatoms. The summed E-state index contributed by atoms with van der Waals surface area (Å²) >= 11 is 0. The van der Waals surface area contributed by atoms with Crippen molar-refractivity contribution in [3.8, 4) is 0 Å². The van der Waals surface area contributed by atoms with E-state index in [4.69, 9.17) is 4.74 Å². The molecule has 5 rings (SSSR count). The third-order valence-electron chi connectivity index (χ3n) is 7.01. The summed E-state index contributed by atoms with van der Waals surface area (Å²) in [6.07, 6.45) is 0.132. The van der Waals surface area contributed by atoms with Gasteiger partial charge in [0, 0.05) is 25.1 Å². The maximum absolute atomic E-state index is 13.8. The fourth-order valence-corrected chi connectivity index (χ4v) is 5.00. The molecule has 2 aliphatic rings.